The van der Waals surface area contributed by atoms with Gasteiger partial charge in [0.25, 0.3) is 5.56 Å². The largest absolute Gasteiger partial charge is 0.394 e. The molecule has 0 radical (unpaired) electrons. The Balaban J connectivity index is 2.13. The van der Waals surface area contributed by atoms with E-state index in [2.05, 4.69) is 4.98 Å². The molecule has 0 saturated carbocycles. The van der Waals surface area contributed by atoms with Gasteiger partial charge in [-0.25, -0.2) is 4.79 Å². The Morgan fingerprint density at radius 3 is 2.73 bits per heavy atom. The lowest BCUT2D eigenvalue weighted by molar-refractivity contribution is 0.0481. The van der Waals surface area contributed by atoms with E-state index in [1.807, 2.05) is 36.4 Å². The summed E-state index contributed by atoms with van der Waals surface area (Å²) in [5, 5.41) is 8.76. The Bertz CT molecular complexity index is 895. The molecule has 6 nitrogen and oxygen atoms in total. The highest BCUT2D eigenvalue weighted by Crippen LogP contribution is 2.30. The number of H-pyrrole nitrogens is 1. The Hall–Kier alpha value is -2.22. The van der Waals surface area contributed by atoms with Crippen LogP contribution in [-0.2, 0) is 11.5 Å². The molecule has 0 saturated heterocycles. The normalized spacial score (nSPS) is 11.1. The lowest BCUT2D eigenvalue weighted by atomic mass is 10.2. The van der Waals surface area contributed by atoms with Crippen molar-refractivity contribution in [1.82, 2.24) is 9.55 Å². The fraction of sp³-hybridized carbons (Fsp3) is 0.200. The van der Waals surface area contributed by atoms with Gasteiger partial charge in [-0.15, -0.1) is 11.3 Å². The molecule has 2 N–H and O–H groups in total. The monoisotopic (exact) mass is 318 g/mol. The van der Waals surface area contributed by atoms with Gasteiger partial charge in [0.2, 0.25) is 0 Å². The molecule has 7 heteroatoms. The molecule has 22 heavy (non-hydrogen) atoms. The smallest absolute Gasteiger partial charge is 0.330 e. The van der Waals surface area contributed by atoms with Crippen molar-refractivity contribution in [3.05, 3.63) is 57.2 Å². The van der Waals surface area contributed by atoms with Crippen molar-refractivity contribution in [1.29, 1.82) is 0 Å². The van der Waals surface area contributed by atoms with E-state index < -0.39 is 11.2 Å². The first kappa shape index (κ1) is 14.7. The van der Waals surface area contributed by atoms with Crippen LogP contribution in [0.1, 0.15) is 0 Å². The van der Waals surface area contributed by atoms with E-state index in [1.54, 1.807) is 0 Å². The molecule has 2 aromatic heterocycles. The SMILES string of the molecule is O=c1[nH]c(=O)n(COCCO)c2cc(-c3ccccc3)sc12. The predicted octanol–water partition coefficient (Wildman–Crippen LogP) is 1.38. The lowest BCUT2D eigenvalue weighted by Crippen LogP contribution is -2.30. The number of fused-ring (bicyclic) bond motifs is 1. The molecule has 0 aliphatic carbocycles. The summed E-state index contributed by atoms with van der Waals surface area (Å²) >= 11 is 1.33. The average molecular weight is 318 g/mol. The van der Waals surface area contributed by atoms with E-state index in [1.165, 1.54) is 15.9 Å². The minimum Gasteiger partial charge on any atom is -0.394 e. The van der Waals surface area contributed by atoms with Crippen LogP contribution in [0.5, 0.6) is 0 Å². The molecule has 3 aromatic rings. The maximum absolute atomic E-state index is 12.0. The molecule has 0 spiro atoms. The van der Waals surface area contributed by atoms with Gasteiger partial charge in [0.05, 0.1) is 18.7 Å². The van der Waals surface area contributed by atoms with Gasteiger partial charge in [0.15, 0.2) is 0 Å². The molecule has 0 aliphatic rings. The Morgan fingerprint density at radius 1 is 1.23 bits per heavy atom. The number of benzene rings is 1. The second-order valence-electron chi connectivity index (χ2n) is 4.64. The van der Waals surface area contributed by atoms with Crippen LogP contribution >= 0.6 is 11.3 Å². The zero-order valence-corrected chi connectivity index (χ0v) is 12.4. The van der Waals surface area contributed by atoms with Crippen LogP contribution in [0.25, 0.3) is 20.7 Å². The molecule has 114 valence electrons. The Morgan fingerprint density at radius 2 is 2.00 bits per heavy atom. The van der Waals surface area contributed by atoms with Crippen molar-refractivity contribution in [2.24, 2.45) is 0 Å². The zero-order chi connectivity index (χ0) is 15.5. The summed E-state index contributed by atoms with van der Waals surface area (Å²) in [5.41, 5.74) is 0.604. The Labute approximate surface area is 129 Å². The van der Waals surface area contributed by atoms with Gasteiger partial charge in [-0.2, -0.15) is 0 Å². The second kappa shape index (κ2) is 6.27. The van der Waals surface area contributed by atoms with Gasteiger partial charge in [0.1, 0.15) is 11.4 Å². The van der Waals surface area contributed by atoms with Crippen LogP contribution in [0.15, 0.2) is 46.0 Å². The highest BCUT2D eigenvalue weighted by atomic mass is 32.1. The van der Waals surface area contributed by atoms with E-state index in [9.17, 15) is 9.59 Å². The lowest BCUT2D eigenvalue weighted by Gasteiger charge is -2.06. The number of aromatic amines is 1. The molecule has 3 rings (SSSR count). The number of ether oxygens (including phenoxy) is 1. The quantitative estimate of drug-likeness (QED) is 0.696. The number of aliphatic hydroxyl groups is 1. The first-order chi connectivity index (χ1) is 10.7. The summed E-state index contributed by atoms with van der Waals surface area (Å²) in [6.45, 7) is -0.0134. The third-order valence-electron chi connectivity index (χ3n) is 3.19. The molecule has 0 aliphatic heterocycles. The molecule has 0 unspecified atom stereocenters. The van der Waals surface area contributed by atoms with Crippen molar-refractivity contribution < 1.29 is 9.84 Å². The number of aromatic nitrogens is 2. The topological polar surface area (TPSA) is 84.3 Å². The summed E-state index contributed by atoms with van der Waals surface area (Å²) < 4.78 is 7.04. The summed E-state index contributed by atoms with van der Waals surface area (Å²) in [5.74, 6) is 0. The Kier molecular flexibility index (Phi) is 4.19. The van der Waals surface area contributed by atoms with Gasteiger partial charge in [-0.05, 0) is 11.6 Å². The van der Waals surface area contributed by atoms with Crippen molar-refractivity contribution in [3.8, 4) is 10.4 Å². The number of nitrogens with zero attached hydrogens (tertiary/aromatic N) is 1. The van der Waals surface area contributed by atoms with E-state index >= 15 is 0 Å². The van der Waals surface area contributed by atoms with Crippen molar-refractivity contribution in [3.63, 3.8) is 0 Å². The van der Waals surface area contributed by atoms with E-state index in [0.29, 0.717) is 10.2 Å². The van der Waals surface area contributed by atoms with E-state index in [0.717, 1.165) is 10.4 Å². The van der Waals surface area contributed by atoms with Crippen LogP contribution in [-0.4, -0.2) is 27.9 Å². The van der Waals surface area contributed by atoms with Gasteiger partial charge in [0, 0.05) is 4.88 Å². The number of nitrogens with one attached hydrogen (secondary N) is 1. The van der Waals surface area contributed by atoms with Crippen molar-refractivity contribution >= 4 is 21.6 Å². The van der Waals surface area contributed by atoms with Gasteiger partial charge in [-0.3, -0.25) is 14.3 Å². The predicted molar refractivity (Wildman–Crippen MR) is 85.2 cm³/mol. The van der Waals surface area contributed by atoms with Crippen LogP contribution in [0, 0.1) is 0 Å². The number of aliphatic hydroxyl groups excluding tert-OH is 1. The summed E-state index contributed by atoms with van der Waals surface area (Å²) in [6, 6.07) is 11.5. The molecule has 1 aromatic carbocycles. The highest BCUT2D eigenvalue weighted by molar-refractivity contribution is 7.22. The average Bonchev–Trinajstić information content (AvgIpc) is 2.97. The number of thiophene rings is 1. The van der Waals surface area contributed by atoms with Gasteiger partial charge >= 0.3 is 5.69 Å². The van der Waals surface area contributed by atoms with Crippen LogP contribution < -0.4 is 11.2 Å². The maximum atomic E-state index is 12.0. The van der Waals surface area contributed by atoms with Crippen LogP contribution in [0.3, 0.4) is 0 Å². The third kappa shape index (κ3) is 2.74. The minimum atomic E-state index is -0.521. The molecular weight excluding hydrogens is 304 g/mol. The first-order valence-corrected chi connectivity index (χ1v) is 7.53. The van der Waals surface area contributed by atoms with Crippen molar-refractivity contribution in [2.75, 3.05) is 13.2 Å². The third-order valence-corrected chi connectivity index (χ3v) is 4.36. The fourth-order valence-corrected chi connectivity index (χ4v) is 3.23. The second-order valence-corrected chi connectivity index (χ2v) is 5.69. The van der Waals surface area contributed by atoms with E-state index in [4.69, 9.17) is 9.84 Å². The highest BCUT2D eigenvalue weighted by Gasteiger charge is 2.12. The fourth-order valence-electron chi connectivity index (χ4n) is 2.17. The zero-order valence-electron chi connectivity index (χ0n) is 11.6. The summed E-state index contributed by atoms with van der Waals surface area (Å²) in [6.07, 6.45) is 0. The van der Waals surface area contributed by atoms with Crippen LogP contribution in [0.2, 0.25) is 0 Å². The van der Waals surface area contributed by atoms with Crippen molar-refractivity contribution in [2.45, 2.75) is 6.73 Å². The molecule has 0 fully saturated rings. The van der Waals surface area contributed by atoms with Crippen LogP contribution in [0.4, 0.5) is 0 Å². The molecule has 0 atom stereocenters. The summed E-state index contributed by atoms with van der Waals surface area (Å²) in [4.78, 5) is 27.1. The number of hydrogen-bond donors (Lipinski definition) is 2. The van der Waals surface area contributed by atoms with E-state index in [-0.39, 0.29) is 19.9 Å². The standard InChI is InChI=1S/C15H14N2O4S/c18-6-7-21-9-17-11-8-12(10-4-2-1-3-5-10)22-13(11)14(19)16-15(17)20/h1-5,8,18H,6-7,9H2,(H,16,19,20). The molecule has 0 bridgehead atoms. The minimum absolute atomic E-state index is 0.0162. The molecule has 2 heterocycles. The molecule has 0 amide bonds. The number of hydrogen-bond acceptors (Lipinski definition) is 5. The van der Waals surface area contributed by atoms with Gasteiger partial charge in [-0.1, -0.05) is 30.3 Å². The first-order valence-electron chi connectivity index (χ1n) is 6.71. The maximum Gasteiger partial charge on any atom is 0.330 e. The van der Waals surface area contributed by atoms with Gasteiger partial charge < -0.3 is 9.84 Å². The summed E-state index contributed by atoms with van der Waals surface area (Å²) in [7, 11) is 0. The number of rotatable bonds is 5. The molecular formula is C15H14N2O4S.